The average Bonchev–Trinajstić information content (AvgIpc) is 3.96. The van der Waals surface area contributed by atoms with E-state index in [0.717, 1.165) is 0 Å². The number of rotatable bonds is 6. The molecule has 2 aliphatic rings. The highest BCUT2D eigenvalue weighted by Gasteiger charge is 2.36. The van der Waals surface area contributed by atoms with Crippen LogP contribution in [0.2, 0.25) is 0 Å². The molecule has 0 heterocycles. The molecule has 15 rings (SSSR count). The van der Waals surface area contributed by atoms with Crippen molar-refractivity contribution in [3.05, 3.63) is 253 Å². The van der Waals surface area contributed by atoms with Crippen molar-refractivity contribution in [3.63, 3.8) is 0 Å². The minimum Gasteiger partial charge on any atom is -0.0616 e. The Morgan fingerprint density at radius 1 is 0.253 bits per heavy atom. The average molecular weight is 955 g/mol. The largest absolute Gasteiger partial charge is 0.0616 e. The van der Waals surface area contributed by atoms with Crippen molar-refractivity contribution in [1.82, 2.24) is 0 Å². The molecule has 0 nitrogen and oxygen atoms in total. The van der Waals surface area contributed by atoms with Crippen LogP contribution in [0.25, 0.3) is 143 Å². The van der Waals surface area contributed by atoms with Gasteiger partial charge in [-0.25, -0.2) is 0 Å². The summed E-state index contributed by atoms with van der Waals surface area (Å²) < 4.78 is 0. The van der Waals surface area contributed by atoms with Gasteiger partial charge in [-0.05, 0) is 177 Å². The lowest BCUT2D eigenvalue weighted by atomic mass is 9.80. The van der Waals surface area contributed by atoms with E-state index in [1.165, 1.54) is 160 Å². The van der Waals surface area contributed by atoms with E-state index in [1.807, 2.05) is 0 Å². The van der Waals surface area contributed by atoms with E-state index in [1.54, 1.807) is 0 Å². The SMILES string of the molecule is CC(C)(C)c1cc2ccc3ccc(-c4ccc(-c5ccc(-c6ccc(-c7ccc8c(c7)C(C)(C)c7cc(-c9ccc(-c%10ccc%11c%12c(cccc%10%12)-c%10ccccc%10-%11)cc9)ccc7-8)cc6)cc5)cc4)c4ccc(c1)c2c34. The van der Waals surface area contributed by atoms with Crippen molar-refractivity contribution in [1.29, 1.82) is 0 Å². The minimum absolute atomic E-state index is 0.0983. The van der Waals surface area contributed by atoms with E-state index in [-0.39, 0.29) is 10.8 Å². The van der Waals surface area contributed by atoms with Crippen molar-refractivity contribution >= 4 is 43.1 Å². The van der Waals surface area contributed by atoms with Crippen LogP contribution in [0, 0.1) is 0 Å². The normalized spacial score (nSPS) is 13.2. The smallest absolute Gasteiger partial charge is 0.0159 e. The summed E-state index contributed by atoms with van der Waals surface area (Å²) >= 11 is 0. The maximum atomic E-state index is 2.44. The number of fused-ring (bicyclic) bond motifs is 6. The molecule has 0 saturated carbocycles. The fraction of sp³-hybridized carbons (Fsp3) is 0.0933. The second-order valence-corrected chi connectivity index (χ2v) is 22.8. The summed E-state index contributed by atoms with van der Waals surface area (Å²) in [5.74, 6) is 0. The lowest BCUT2D eigenvalue weighted by molar-refractivity contribution is 0.591. The molecule has 354 valence electrons. The number of hydrogen-bond acceptors (Lipinski definition) is 0. The highest BCUT2D eigenvalue weighted by Crippen LogP contribution is 2.52. The molecule has 0 spiro atoms. The topological polar surface area (TPSA) is 0 Å². The van der Waals surface area contributed by atoms with E-state index in [4.69, 9.17) is 0 Å². The van der Waals surface area contributed by atoms with Gasteiger partial charge >= 0.3 is 0 Å². The lowest BCUT2D eigenvalue weighted by Crippen LogP contribution is -2.15. The number of benzene rings is 13. The summed E-state index contributed by atoms with van der Waals surface area (Å²) in [6.07, 6.45) is 0. The Kier molecular flexibility index (Phi) is 9.37. The predicted molar refractivity (Wildman–Crippen MR) is 321 cm³/mol. The Morgan fingerprint density at radius 2 is 0.613 bits per heavy atom. The molecule has 0 aromatic heterocycles. The first-order valence-corrected chi connectivity index (χ1v) is 26.6. The van der Waals surface area contributed by atoms with Crippen LogP contribution in [0.15, 0.2) is 237 Å². The standard InChI is InChI=1S/C75H54/c1-74(2,3)58-41-56-30-29-53-31-35-59(67-38-34-57(42-58)71(56)72(53)67)51-25-21-48(22-26-51)46-15-13-45(14-16-46)47-17-19-49(20-18-47)54-32-36-63-64-37-33-55(44-70(64)75(4,5)69(63)43-54)50-23-27-52(28-24-50)60-39-40-68-62-10-7-6-9-61(62)66-12-8-11-65(60)73(66)68/h6-44H,1-5H3. The first-order valence-electron chi connectivity index (χ1n) is 26.6. The van der Waals surface area contributed by atoms with Gasteiger partial charge in [-0.15, -0.1) is 0 Å². The van der Waals surface area contributed by atoms with Crippen LogP contribution in [0.1, 0.15) is 51.3 Å². The molecule has 13 aromatic rings. The van der Waals surface area contributed by atoms with Crippen LogP contribution in [-0.4, -0.2) is 0 Å². The molecule has 0 radical (unpaired) electrons. The van der Waals surface area contributed by atoms with Gasteiger partial charge in [-0.3, -0.25) is 0 Å². The maximum Gasteiger partial charge on any atom is 0.0159 e. The third-order valence-corrected chi connectivity index (χ3v) is 17.2. The second-order valence-electron chi connectivity index (χ2n) is 22.8. The van der Waals surface area contributed by atoms with E-state index >= 15 is 0 Å². The van der Waals surface area contributed by atoms with Crippen LogP contribution < -0.4 is 0 Å². The molecule has 0 fully saturated rings. The number of hydrogen-bond donors (Lipinski definition) is 0. The van der Waals surface area contributed by atoms with E-state index < -0.39 is 0 Å². The fourth-order valence-electron chi connectivity index (χ4n) is 13.1. The van der Waals surface area contributed by atoms with Gasteiger partial charge in [-0.1, -0.05) is 259 Å². The molecular formula is C75H54. The van der Waals surface area contributed by atoms with Crippen molar-refractivity contribution in [3.8, 4) is 100 Å². The van der Waals surface area contributed by atoms with Crippen LogP contribution >= 0.6 is 0 Å². The molecule has 0 atom stereocenters. The molecular weight excluding hydrogens is 901 g/mol. The van der Waals surface area contributed by atoms with Crippen molar-refractivity contribution in [2.45, 2.75) is 45.4 Å². The van der Waals surface area contributed by atoms with Gasteiger partial charge < -0.3 is 0 Å². The zero-order valence-electron chi connectivity index (χ0n) is 43.0. The van der Waals surface area contributed by atoms with Gasteiger partial charge in [0.1, 0.15) is 0 Å². The Morgan fingerprint density at radius 3 is 1.12 bits per heavy atom. The molecule has 0 heteroatoms. The molecule has 0 amide bonds. The van der Waals surface area contributed by atoms with Crippen LogP contribution in [0.4, 0.5) is 0 Å². The fourth-order valence-corrected chi connectivity index (χ4v) is 13.1. The predicted octanol–water partition coefficient (Wildman–Crippen LogP) is 21.0. The quantitative estimate of drug-likeness (QED) is 0.146. The zero-order chi connectivity index (χ0) is 50.3. The van der Waals surface area contributed by atoms with Crippen LogP contribution in [-0.2, 0) is 10.8 Å². The summed E-state index contributed by atoms with van der Waals surface area (Å²) in [4.78, 5) is 0. The summed E-state index contributed by atoms with van der Waals surface area (Å²) in [7, 11) is 0. The highest BCUT2D eigenvalue weighted by molar-refractivity contribution is 6.26. The monoisotopic (exact) mass is 954 g/mol. The molecule has 13 aromatic carbocycles. The molecule has 2 aliphatic carbocycles. The van der Waals surface area contributed by atoms with Gasteiger partial charge in [0.25, 0.3) is 0 Å². The minimum atomic E-state index is -0.137. The highest BCUT2D eigenvalue weighted by atomic mass is 14.4. The molecule has 0 saturated heterocycles. The Hall–Kier alpha value is -8.84. The molecule has 0 bridgehead atoms. The maximum absolute atomic E-state index is 2.44. The Labute approximate surface area is 439 Å². The summed E-state index contributed by atoms with van der Waals surface area (Å²) in [5.41, 5.74) is 27.0. The van der Waals surface area contributed by atoms with Crippen LogP contribution in [0.5, 0.6) is 0 Å². The molecule has 0 aliphatic heterocycles. The van der Waals surface area contributed by atoms with Gasteiger partial charge in [0.15, 0.2) is 0 Å². The molecule has 0 N–H and O–H groups in total. The summed E-state index contributed by atoms with van der Waals surface area (Å²) in [5, 5.41) is 10.7. The van der Waals surface area contributed by atoms with Gasteiger partial charge in [0, 0.05) is 5.41 Å². The molecule has 0 unspecified atom stereocenters. The lowest BCUT2D eigenvalue weighted by Gasteiger charge is -2.22. The molecule has 75 heavy (non-hydrogen) atoms. The Balaban J connectivity index is 0.653. The Bertz CT molecular complexity index is 4410. The van der Waals surface area contributed by atoms with Gasteiger partial charge in [0.2, 0.25) is 0 Å². The first kappa shape index (κ1) is 43.7. The zero-order valence-corrected chi connectivity index (χ0v) is 43.0. The van der Waals surface area contributed by atoms with E-state index in [0.29, 0.717) is 0 Å². The van der Waals surface area contributed by atoms with Crippen molar-refractivity contribution < 1.29 is 0 Å². The summed E-state index contributed by atoms with van der Waals surface area (Å²) in [6, 6.07) is 89.5. The second kappa shape index (κ2) is 16.1. The van der Waals surface area contributed by atoms with Crippen LogP contribution in [0.3, 0.4) is 0 Å². The summed E-state index contributed by atoms with van der Waals surface area (Å²) in [6.45, 7) is 11.7. The third kappa shape index (κ3) is 6.76. The van der Waals surface area contributed by atoms with E-state index in [9.17, 15) is 0 Å². The van der Waals surface area contributed by atoms with Gasteiger partial charge in [-0.2, -0.15) is 0 Å². The third-order valence-electron chi connectivity index (χ3n) is 17.2. The van der Waals surface area contributed by atoms with Crippen molar-refractivity contribution in [2.75, 3.05) is 0 Å². The van der Waals surface area contributed by atoms with Gasteiger partial charge in [0.05, 0.1) is 0 Å². The first-order chi connectivity index (χ1) is 36.5. The van der Waals surface area contributed by atoms with Crippen molar-refractivity contribution in [2.24, 2.45) is 0 Å². The van der Waals surface area contributed by atoms with E-state index in [2.05, 4.69) is 271 Å².